The van der Waals surface area contributed by atoms with Gasteiger partial charge in [0.25, 0.3) is 0 Å². The number of nitrogens with one attached hydrogen (secondary N) is 1. The highest BCUT2D eigenvalue weighted by atomic mass is 19.1. The summed E-state index contributed by atoms with van der Waals surface area (Å²) in [5.41, 5.74) is 7.87. The maximum Gasteiger partial charge on any atom is 0.346 e. The molecule has 2 aromatic heterocycles. The van der Waals surface area contributed by atoms with Gasteiger partial charge in [0.1, 0.15) is 35.3 Å². The number of aryl methyl sites for hydroxylation is 2. The second-order valence-electron chi connectivity index (χ2n) is 8.42. The number of hydrogen-bond donors (Lipinski definition) is 2. The fourth-order valence-electron chi connectivity index (χ4n) is 4.14. The predicted molar refractivity (Wildman–Crippen MR) is 128 cm³/mol. The number of urea groups is 1. The molecule has 1 fully saturated rings. The Labute approximate surface area is 209 Å². The normalized spacial score (nSPS) is 15.1. The minimum Gasteiger partial charge on any atom is -0.383 e. The van der Waals surface area contributed by atoms with E-state index in [9.17, 15) is 18.0 Å². The summed E-state index contributed by atoms with van der Waals surface area (Å²) in [6.07, 6.45) is 1.64. The maximum absolute atomic E-state index is 14.8. The Morgan fingerprint density at radius 1 is 1.14 bits per heavy atom. The third kappa shape index (κ3) is 4.64. The molecule has 188 valence electrons. The highest BCUT2D eigenvalue weighted by molar-refractivity contribution is 5.91. The maximum atomic E-state index is 14.8. The van der Waals surface area contributed by atoms with Gasteiger partial charge in [0.05, 0.1) is 23.7 Å². The second-order valence-corrected chi connectivity index (χ2v) is 8.42. The second kappa shape index (κ2) is 9.44. The number of anilines is 2. The lowest BCUT2D eigenvalue weighted by Gasteiger charge is -2.23. The topological polar surface area (TPSA) is 111 Å². The van der Waals surface area contributed by atoms with E-state index in [0.717, 1.165) is 23.3 Å². The number of benzene rings is 2. The highest BCUT2D eigenvalue weighted by Gasteiger charge is 2.33. The number of hydrogen-bond acceptors (Lipinski definition) is 6. The zero-order valence-electron chi connectivity index (χ0n) is 19.7. The van der Waals surface area contributed by atoms with E-state index < -0.39 is 29.5 Å². The van der Waals surface area contributed by atoms with Crippen molar-refractivity contribution >= 4 is 28.6 Å². The van der Waals surface area contributed by atoms with Gasteiger partial charge in [-0.3, -0.25) is 4.84 Å². The van der Waals surface area contributed by atoms with E-state index in [0.29, 0.717) is 34.3 Å². The summed E-state index contributed by atoms with van der Waals surface area (Å²) in [5, 5.41) is 8.23. The molecular weight excluding hydrogens is 487 g/mol. The Bertz CT molecular complexity index is 1590. The number of aromatic nitrogens is 4. The molecule has 0 bridgehead atoms. The van der Waals surface area contributed by atoms with Crippen molar-refractivity contribution in [2.75, 3.05) is 17.7 Å². The van der Waals surface area contributed by atoms with Gasteiger partial charge in [0.2, 0.25) is 0 Å². The Kier molecular flexibility index (Phi) is 6.14. The van der Waals surface area contributed by atoms with Crippen LogP contribution in [0.5, 0.6) is 0 Å². The molecule has 1 saturated heterocycles. The van der Waals surface area contributed by atoms with Crippen LogP contribution >= 0.6 is 0 Å². The summed E-state index contributed by atoms with van der Waals surface area (Å²) >= 11 is 0. The first-order valence-corrected chi connectivity index (χ1v) is 11.2. The molecule has 0 aliphatic carbocycles. The predicted octanol–water partition coefficient (Wildman–Crippen LogP) is 3.98. The van der Waals surface area contributed by atoms with Crippen LogP contribution in [0.1, 0.15) is 34.8 Å². The molecule has 5 rings (SSSR count). The number of amides is 2. The van der Waals surface area contributed by atoms with Crippen molar-refractivity contribution in [1.82, 2.24) is 24.8 Å². The average Bonchev–Trinajstić information content (AvgIpc) is 3.45. The fourth-order valence-corrected chi connectivity index (χ4v) is 4.14. The number of nitrogens with zero attached hydrogens (tertiary/aromatic N) is 5. The van der Waals surface area contributed by atoms with Gasteiger partial charge in [-0.25, -0.2) is 32.6 Å². The van der Waals surface area contributed by atoms with Crippen LogP contribution in [0.3, 0.4) is 0 Å². The first kappa shape index (κ1) is 24.1. The van der Waals surface area contributed by atoms with Crippen molar-refractivity contribution in [3.63, 3.8) is 0 Å². The van der Waals surface area contributed by atoms with Crippen LogP contribution in [-0.2, 0) is 11.9 Å². The Morgan fingerprint density at radius 2 is 1.89 bits per heavy atom. The number of rotatable bonds is 2. The first-order chi connectivity index (χ1) is 17.7. The highest BCUT2D eigenvalue weighted by Crippen LogP contribution is 2.32. The van der Waals surface area contributed by atoms with Crippen molar-refractivity contribution in [3.05, 3.63) is 76.5 Å². The summed E-state index contributed by atoms with van der Waals surface area (Å²) in [4.78, 5) is 26.5. The summed E-state index contributed by atoms with van der Waals surface area (Å²) in [6, 6.07) is 4.07. The molecule has 2 aromatic carbocycles. The number of nitrogens with two attached hydrogens (primary N) is 1. The summed E-state index contributed by atoms with van der Waals surface area (Å²) < 4.78 is 43.7. The summed E-state index contributed by atoms with van der Waals surface area (Å²) in [7, 11) is 1.70. The smallest absolute Gasteiger partial charge is 0.346 e. The summed E-state index contributed by atoms with van der Waals surface area (Å²) in [5.74, 6) is 3.84. The lowest BCUT2D eigenvalue weighted by atomic mass is 10.0. The third-order valence-corrected chi connectivity index (χ3v) is 5.90. The van der Waals surface area contributed by atoms with E-state index in [1.54, 1.807) is 14.0 Å². The van der Waals surface area contributed by atoms with E-state index in [-0.39, 0.29) is 23.7 Å². The number of carbonyl (C=O) groups excluding carboxylic acids is 1. The zero-order chi connectivity index (χ0) is 26.3. The van der Waals surface area contributed by atoms with Gasteiger partial charge in [0.15, 0.2) is 5.65 Å². The summed E-state index contributed by atoms with van der Waals surface area (Å²) in [6.45, 7) is 1.82. The lowest BCUT2D eigenvalue weighted by Crippen LogP contribution is -2.34. The van der Waals surface area contributed by atoms with Crippen LogP contribution < -0.4 is 11.1 Å². The van der Waals surface area contributed by atoms with Crippen molar-refractivity contribution in [1.29, 1.82) is 0 Å². The van der Waals surface area contributed by atoms with Gasteiger partial charge in [-0.15, -0.1) is 0 Å². The number of hydroxylamine groups is 2. The molecule has 12 heteroatoms. The molecule has 2 amide bonds. The number of nitrogen functional groups attached to an aromatic ring is 1. The molecule has 0 spiro atoms. The Morgan fingerprint density at radius 3 is 2.65 bits per heavy atom. The van der Waals surface area contributed by atoms with Gasteiger partial charge >= 0.3 is 6.03 Å². The van der Waals surface area contributed by atoms with Crippen molar-refractivity contribution < 1.29 is 22.8 Å². The van der Waals surface area contributed by atoms with Crippen molar-refractivity contribution in [2.24, 2.45) is 7.05 Å². The molecule has 3 heterocycles. The van der Waals surface area contributed by atoms with Crippen LogP contribution in [0.25, 0.3) is 11.0 Å². The van der Waals surface area contributed by atoms with Crippen LogP contribution in [0, 0.1) is 36.2 Å². The van der Waals surface area contributed by atoms with Gasteiger partial charge < -0.3 is 11.1 Å². The third-order valence-electron chi connectivity index (χ3n) is 5.90. The molecule has 0 saturated carbocycles. The van der Waals surface area contributed by atoms with E-state index in [1.807, 2.05) is 0 Å². The van der Waals surface area contributed by atoms with Gasteiger partial charge in [-0.05, 0) is 48.2 Å². The standard InChI is InChI=1S/C25H20F3N7O2/c1-13-7-18(28)20(10-14(13)3-4-19-22-23(29)30-12-31-24(22)34(2)33-19)32-25(36)35-21(5-6-37-35)15-8-16(26)11-17(27)9-15/h7-12,21H,5-6H2,1-2H3,(H,32,36)(H2,29,30,31)/t21-/m1/s1. The molecule has 1 aliphatic heterocycles. The lowest BCUT2D eigenvalue weighted by molar-refractivity contribution is -0.0830. The van der Waals surface area contributed by atoms with Crippen LogP contribution in [0.2, 0.25) is 0 Å². The fraction of sp³-hybridized carbons (Fsp3) is 0.200. The van der Waals surface area contributed by atoms with Gasteiger partial charge in [0, 0.05) is 25.1 Å². The SMILES string of the molecule is Cc1cc(F)c(NC(=O)N2OCC[C@@H]2c2cc(F)cc(F)c2)cc1C#Cc1nn(C)c2ncnc(N)c12. The van der Waals surface area contributed by atoms with Crippen LogP contribution in [-0.4, -0.2) is 37.4 Å². The Balaban J connectivity index is 1.42. The molecule has 1 aliphatic rings. The monoisotopic (exact) mass is 507 g/mol. The number of halogens is 3. The van der Waals surface area contributed by atoms with Gasteiger partial charge in [-0.1, -0.05) is 5.92 Å². The Hall–Kier alpha value is -4.63. The van der Waals surface area contributed by atoms with Crippen molar-refractivity contribution in [2.45, 2.75) is 19.4 Å². The van der Waals surface area contributed by atoms with E-state index in [1.165, 1.54) is 23.1 Å². The first-order valence-electron chi connectivity index (χ1n) is 11.2. The molecule has 4 aromatic rings. The van der Waals surface area contributed by atoms with Crippen LogP contribution in [0.4, 0.5) is 29.5 Å². The van der Waals surface area contributed by atoms with Crippen molar-refractivity contribution in [3.8, 4) is 11.8 Å². The molecule has 37 heavy (non-hydrogen) atoms. The molecule has 3 N–H and O–H groups in total. The molecule has 0 radical (unpaired) electrons. The quantitative estimate of drug-likeness (QED) is 0.397. The van der Waals surface area contributed by atoms with Crippen LogP contribution in [0.15, 0.2) is 36.7 Å². The average molecular weight is 507 g/mol. The molecule has 0 unspecified atom stereocenters. The largest absolute Gasteiger partial charge is 0.383 e. The molecule has 9 nitrogen and oxygen atoms in total. The van der Waals surface area contributed by atoms with Gasteiger partial charge in [-0.2, -0.15) is 10.2 Å². The molecule has 1 atom stereocenters. The number of fused-ring (bicyclic) bond motifs is 1. The minimum atomic E-state index is -0.797. The van der Waals surface area contributed by atoms with E-state index in [2.05, 4.69) is 32.2 Å². The zero-order valence-corrected chi connectivity index (χ0v) is 19.7. The van der Waals surface area contributed by atoms with E-state index in [4.69, 9.17) is 10.6 Å². The minimum absolute atomic E-state index is 0.145. The van der Waals surface area contributed by atoms with E-state index >= 15 is 0 Å². The number of carbonyl (C=O) groups is 1. The molecular formula is C25H20F3N7O2.